The topological polar surface area (TPSA) is 24.9 Å². The third-order valence-electron chi connectivity index (χ3n) is 2.87. The van der Waals surface area contributed by atoms with E-state index < -0.39 is 5.51 Å². The van der Waals surface area contributed by atoms with Crippen molar-refractivity contribution in [3.63, 3.8) is 0 Å². The first-order valence-corrected chi connectivity index (χ1v) is 8.15. The molecule has 1 unspecified atom stereocenters. The first-order chi connectivity index (χ1) is 9.98. The number of nitrogens with zero attached hydrogens (tertiary/aromatic N) is 1. The fraction of sp³-hybridized carbons (Fsp3) is 0.357. The van der Waals surface area contributed by atoms with E-state index in [-0.39, 0.29) is 22.7 Å². The zero-order valence-electron chi connectivity index (χ0n) is 11.4. The SMILES string of the molecule is CCC(NCc1ccc(SC(F)(F)F)cc1)c1nccs1. The van der Waals surface area contributed by atoms with E-state index in [0.29, 0.717) is 6.54 Å². The summed E-state index contributed by atoms with van der Waals surface area (Å²) in [5.74, 6) is 0. The summed E-state index contributed by atoms with van der Waals surface area (Å²) in [5, 5.41) is 6.34. The smallest absolute Gasteiger partial charge is 0.304 e. The Kier molecular flexibility index (Phi) is 5.66. The van der Waals surface area contributed by atoms with Gasteiger partial charge in [0.2, 0.25) is 0 Å². The molecule has 0 amide bonds. The van der Waals surface area contributed by atoms with Crippen molar-refractivity contribution in [1.82, 2.24) is 10.3 Å². The van der Waals surface area contributed by atoms with Gasteiger partial charge in [-0.2, -0.15) is 13.2 Å². The van der Waals surface area contributed by atoms with Crippen LogP contribution in [-0.4, -0.2) is 10.5 Å². The summed E-state index contributed by atoms with van der Waals surface area (Å²) in [6.07, 6.45) is 2.68. The molecule has 1 aromatic carbocycles. The average Bonchev–Trinajstić information content (AvgIpc) is 2.94. The third-order valence-corrected chi connectivity index (χ3v) is 4.50. The molecule has 2 nitrogen and oxygen atoms in total. The van der Waals surface area contributed by atoms with Crippen LogP contribution in [0.4, 0.5) is 13.2 Å². The van der Waals surface area contributed by atoms with Crippen LogP contribution in [0.1, 0.15) is 30.0 Å². The van der Waals surface area contributed by atoms with E-state index in [4.69, 9.17) is 0 Å². The van der Waals surface area contributed by atoms with Crippen molar-refractivity contribution in [2.24, 2.45) is 0 Å². The Morgan fingerprint density at radius 2 is 2.00 bits per heavy atom. The van der Waals surface area contributed by atoms with Crippen molar-refractivity contribution in [3.05, 3.63) is 46.4 Å². The minimum atomic E-state index is -4.24. The van der Waals surface area contributed by atoms with E-state index in [2.05, 4.69) is 17.2 Å². The van der Waals surface area contributed by atoms with Crippen LogP contribution in [0.15, 0.2) is 40.7 Å². The van der Waals surface area contributed by atoms with Crippen molar-refractivity contribution in [2.45, 2.75) is 36.3 Å². The summed E-state index contributed by atoms with van der Waals surface area (Å²) in [5.41, 5.74) is -3.28. The minimum absolute atomic E-state index is 0.0924. The largest absolute Gasteiger partial charge is 0.446 e. The van der Waals surface area contributed by atoms with Crippen LogP contribution in [0.5, 0.6) is 0 Å². The Balaban J connectivity index is 1.91. The Hall–Kier alpha value is -1.05. The maximum absolute atomic E-state index is 12.2. The lowest BCUT2D eigenvalue weighted by Crippen LogP contribution is -2.20. The number of hydrogen-bond acceptors (Lipinski definition) is 4. The van der Waals surface area contributed by atoms with Gasteiger partial charge in [-0.15, -0.1) is 11.3 Å². The van der Waals surface area contributed by atoms with Gasteiger partial charge in [-0.05, 0) is 35.9 Å². The van der Waals surface area contributed by atoms with Crippen LogP contribution < -0.4 is 5.32 Å². The fourth-order valence-corrected chi connectivity index (χ4v) is 3.20. The molecule has 0 aliphatic carbocycles. The zero-order valence-corrected chi connectivity index (χ0v) is 13.0. The summed E-state index contributed by atoms with van der Waals surface area (Å²) in [6.45, 7) is 2.68. The molecule has 1 heterocycles. The lowest BCUT2D eigenvalue weighted by atomic mass is 10.2. The maximum atomic E-state index is 12.2. The van der Waals surface area contributed by atoms with Crippen LogP contribution in [0.25, 0.3) is 0 Å². The molecule has 114 valence electrons. The van der Waals surface area contributed by atoms with E-state index in [1.165, 1.54) is 12.1 Å². The highest BCUT2D eigenvalue weighted by Gasteiger charge is 2.28. The van der Waals surface area contributed by atoms with Crippen molar-refractivity contribution in [2.75, 3.05) is 0 Å². The Morgan fingerprint density at radius 3 is 2.52 bits per heavy atom. The van der Waals surface area contributed by atoms with Gasteiger partial charge in [-0.1, -0.05) is 19.1 Å². The molecule has 0 spiro atoms. The number of hydrogen-bond donors (Lipinski definition) is 1. The maximum Gasteiger partial charge on any atom is 0.446 e. The van der Waals surface area contributed by atoms with Crippen LogP contribution in [0.2, 0.25) is 0 Å². The molecule has 0 aliphatic heterocycles. The average molecular weight is 332 g/mol. The fourth-order valence-electron chi connectivity index (χ4n) is 1.86. The van der Waals surface area contributed by atoms with E-state index in [1.54, 1.807) is 29.7 Å². The van der Waals surface area contributed by atoms with E-state index in [1.807, 2.05) is 5.38 Å². The molecule has 0 radical (unpaired) electrons. The Morgan fingerprint density at radius 1 is 1.29 bits per heavy atom. The third kappa shape index (κ3) is 5.33. The van der Waals surface area contributed by atoms with Crippen LogP contribution >= 0.6 is 23.1 Å². The quantitative estimate of drug-likeness (QED) is 0.754. The number of nitrogens with one attached hydrogen (secondary N) is 1. The Labute approximate surface area is 129 Å². The predicted molar refractivity (Wildman–Crippen MR) is 80.3 cm³/mol. The molecule has 1 N–H and O–H groups in total. The summed E-state index contributed by atoms with van der Waals surface area (Å²) >= 11 is 1.51. The van der Waals surface area contributed by atoms with Crippen molar-refractivity contribution in [3.8, 4) is 0 Å². The highest BCUT2D eigenvalue weighted by molar-refractivity contribution is 8.00. The van der Waals surface area contributed by atoms with Crippen LogP contribution in [-0.2, 0) is 6.54 Å². The van der Waals surface area contributed by atoms with Gasteiger partial charge < -0.3 is 5.32 Å². The molecule has 0 saturated heterocycles. The molecule has 0 bridgehead atoms. The molecule has 2 rings (SSSR count). The number of aromatic nitrogens is 1. The molecule has 1 aromatic heterocycles. The number of rotatable bonds is 6. The molecule has 1 atom stereocenters. The standard InChI is InChI=1S/C14H15F3N2S2/c1-2-12(13-18-7-8-20-13)19-9-10-3-5-11(6-4-10)21-14(15,16)17/h3-8,12,19H,2,9H2,1H3. The van der Waals surface area contributed by atoms with Gasteiger partial charge in [0.25, 0.3) is 0 Å². The van der Waals surface area contributed by atoms with Gasteiger partial charge in [0.05, 0.1) is 6.04 Å². The van der Waals surface area contributed by atoms with Crippen molar-refractivity contribution in [1.29, 1.82) is 0 Å². The first-order valence-electron chi connectivity index (χ1n) is 6.45. The second kappa shape index (κ2) is 7.29. The highest BCUT2D eigenvalue weighted by Crippen LogP contribution is 2.36. The number of benzene rings is 1. The zero-order chi connectivity index (χ0) is 15.3. The van der Waals surface area contributed by atoms with E-state index >= 15 is 0 Å². The molecule has 21 heavy (non-hydrogen) atoms. The lowest BCUT2D eigenvalue weighted by molar-refractivity contribution is -0.0328. The van der Waals surface area contributed by atoms with E-state index in [9.17, 15) is 13.2 Å². The number of thiazole rings is 1. The Bertz CT molecular complexity index is 538. The van der Waals surface area contributed by atoms with Gasteiger partial charge in [0.15, 0.2) is 0 Å². The molecular weight excluding hydrogens is 317 g/mol. The first kappa shape index (κ1) is 16.3. The van der Waals surface area contributed by atoms with Gasteiger partial charge in [0, 0.05) is 23.0 Å². The second-order valence-corrected chi connectivity index (χ2v) is 6.47. The summed E-state index contributed by atoms with van der Waals surface area (Å²) in [4.78, 5) is 4.49. The molecule has 2 aromatic rings. The van der Waals surface area contributed by atoms with Gasteiger partial charge in [-0.3, -0.25) is 0 Å². The number of thioether (sulfide) groups is 1. The highest BCUT2D eigenvalue weighted by atomic mass is 32.2. The minimum Gasteiger partial charge on any atom is -0.304 e. The normalized spacial score (nSPS) is 13.3. The second-order valence-electron chi connectivity index (χ2n) is 4.40. The van der Waals surface area contributed by atoms with Crippen LogP contribution in [0, 0.1) is 0 Å². The molecule has 7 heteroatoms. The molecule has 0 saturated carbocycles. The van der Waals surface area contributed by atoms with Crippen molar-refractivity contribution < 1.29 is 13.2 Å². The predicted octanol–water partition coefficient (Wildman–Crippen LogP) is 5.00. The summed E-state index contributed by atoms with van der Waals surface area (Å²) in [7, 11) is 0. The van der Waals surface area contributed by atoms with E-state index in [0.717, 1.165) is 17.0 Å². The summed E-state index contributed by atoms with van der Waals surface area (Å²) in [6, 6.07) is 6.61. The number of alkyl halides is 3. The van der Waals surface area contributed by atoms with Crippen molar-refractivity contribution >= 4 is 23.1 Å². The van der Waals surface area contributed by atoms with Crippen LogP contribution in [0.3, 0.4) is 0 Å². The lowest BCUT2D eigenvalue weighted by Gasteiger charge is -2.14. The van der Waals surface area contributed by atoms with Gasteiger partial charge in [-0.25, -0.2) is 4.98 Å². The monoisotopic (exact) mass is 332 g/mol. The summed E-state index contributed by atoms with van der Waals surface area (Å²) < 4.78 is 36.7. The van der Waals surface area contributed by atoms with Gasteiger partial charge >= 0.3 is 5.51 Å². The number of halogens is 3. The van der Waals surface area contributed by atoms with Gasteiger partial charge in [0.1, 0.15) is 5.01 Å². The molecule has 0 fully saturated rings. The molecular formula is C14H15F3N2S2. The molecule has 0 aliphatic rings.